The molecule has 1 aliphatic rings. The second kappa shape index (κ2) is 7.74. The van der Waals surface area contributed by atoms with E-state index >= 15 is 0 Å². The van der Waals surface area contributed by atoms with E-state index in [9.17, 15) is 14.4 Å². The molecular weight excluding hydrogens is 340 g/mol. The topological polar surface area (TPSA) is 66.5 Å². The Kier molecular flexibility index (Phi) is 5.40. The number of nitrogens with zero attached hydrogens (tertiary/aromatic N) is 1. The molecule has 0 unspecified atom stereocenters. The van der Waals surface area contributed by atoms with Gasteiger partial charge in [-0.1, -0.05) is 37.6 Å². The third kappa shape index (κ3) is 4.08. The predicted molar refractivity (Wildman–Crippen MR) is 105 cm³/mol. The van der Waals surface area contributed by atoms with Crippen LogP contribution in [0.4, 0.5) is 5.69 Å². The van der Waals surface area contributed by atoms with E-state index in [0.29, 0.717) is 23.5 Å². The first kappa shape index (κ1) is 18.8. The van der Waals surface area contributed by atoms with E-state index in [1.165, 1.54) is 10.5 Å². The SMILES string of the molecule is Cc1ccc2c(c1)C(=O)N(CCCC(=O)Nc1ccc(C(C)C)cc1)C2=O. The smallest absolute Gasteiger partial charge is 0.261 e. The van der Waals surface area contributed by atoms with Crippen molar-refractivity contribution in [3.8, 4) is 0 Å². The number of hydrogen-bond acceptors (Lipinski definition) is 3. The van der Waals surface area contributed by atoms with Gasteiger partial charge < -0.3 is 5.32 Å². The van der Waals surface area contributed by atoms with Crippen molar-refractivity contribution >= 4 is 23.4 Å². The van der Waals surface area contributed by atoms with E-state index in [1.807, 2.05) is 37.3 Å². The monoisotopic (exact) mass is 364 g/mol. The normalized spacial score (nSPS) is 13.3. The van der Waals surface area contributed by atoms with Crippen molar-refractivity contribution in [3.63, 3.8) is 0 Å². The number of hydrogen-bond donors (Lipinski definition) is 1. The summed E-state index contributed by atoms with van der Waals surface area (Å²) in [5.41, 5.74) is 3.81. The van der Waals surface area contributed by atoms with Gasteiger partial charge in [-0.2, -0.15) is 0 Å². The van der Waals surface area contributed by atoms with Crippen LogP contribution in [0.15, 0.2) is 42.5 Å². The number of aryl methyl sites for hydroxylation is 1. The van der Waals surface area contributed by atoms with E-state index in [-0.39, 0.29) is 30.7 Å². The summed E-state index contributed by atoms with van der Waals surface area (Å²) in [7, 11) is 0. The first-order valence-electron chi connectivity index (χ1n) is 9.23. The fourth-order valence-corrected chi connectivity index (χ4v) is 3.18. The third-order valence-electron chi connectivity index (χ3n) is 4.77. The lowest BCUT2D eigenvalue weighted by Crippen LogP contribution is -2.31. The summed E-state index contributed by atoms with van der Waals surface area (Å²) in [4.78, 5) is 38.2. The minimum atomic E-state index is -0.278. The molecule has 0 aromatic heterocycles. The van der Waals surface area contributed by atoms with Gasteiger partial charge in [0.05, 0.1) is 11.1 Å². The molecule has 1 heterocycles. The zero-order valence-electron chi connectivity index (χ0n) is 15.9. The maximum absolute atomic E-state index is 12.4. The minimum absolute atomic E-state index is 0.125. The fraction of sp³-hybridized carbons (Fsp3) is 0.318. The summed E-state index contributed by atoms with van der Waals surface area (Å²) in [6.45, 7) is 6.37. The summed E-state index contributed by atoms with van der Waals surface area (Å²) in [5, 5.41) is 2.85. The standard InChI is InChI=1S/C22H24N2O3/c1-14(2)16-7-9-17(10-8-16)23-20(25)5-4-12-24-21(26)18-11-6-15(3)13-19(18)22(24)27/h6-11,13-14H,4-5,12H2,1-3H3,(H,23,25). The molecule has 5 heteroatoms. The van der Waals surface area contributed by atoms with Crippen molar-refractivity contribution in [1.82, 2.24) is 4.90 Å². The van der Waals surface area contributed by atoms with Gasteiger partial charge in [-0.25, -0.2) is 0 Å². The van der Waals surface area contributed by atoms with Crippen LogP contribution in [-0.4, -0.2) is 29.2 Å². The molecule has 1 N–H and O–H groups in total. The maximum atomic E-state index is 12.4. The molecule has 27 heavy (non-hydrogen) atoms. The van der Waals surface area contributed by atoms with Crippen LogP contribution in [0.25, 0.3) is 0 Å². The van der Waals surface area contributed by atoms with Crippen molar-refractivity contribution in [3.05, 3.63) is 64.7 Å². The number of anilines is 1. The van der Waals surface area contributed by atoms with Crippen molar-refractivity contribution in [1.29, 1.82) is 0 Å². The Morgan fingerprint density at radius 1 is 1.00 bits per heavy atom. The van der Waals surface area contributed by atoms with Gasteiger partial charge in [0.2, 0.25) is 5.91 Å². The third-order valence-corrected chi connectivity index (χ3v) is 4.77. The molecule has 0 fully saturated rings. The maximum Gasteiger partial charge on any atom is 0.261 e. The first-order chi connectivity index (χ1) is 12.9. The van der Waals surface area contributed by atoms with E-state index < -0.39 is 0 Å². The van der Waals surface area contributed by atoms with Gasteiger partial charge in [-0.3, -0.25) is 19.3 Å². The molecule has 5 nitrogen and oxygen atoms in total. The highest BCUT2D eigenvalue weighted by atomic mass is 16.2. The second-order valence-corrected chi connectivity index (χ2v) is 7.24. The lowest BCUT2D eigenvalue weighted by Gasteiger charge is -2.13. The molecule has 1 aliphatic heterocycles. The molecule has 0 bridgehead atoms. The Morgan fingerprint density at radius 2 is 1.67 bits per heavy atom. The molecule has 0 radical (unpaired) electrons. The van der Waals surface area contributed by atoms with Crippen LogP contribution in [0.1, 0.15) is 64.4 Å². The van der Waals surface area contributed by atoms with Crippen molar-refractivity contribution in [2.24, 2.45) is 0 Å². The predicted octanol–water partition coefficient (Wildman–Crippen LogP) is 4.13. The van der Waals surface area contributed by atoms with Crippen LogP contribution in [0.5, 0.6) is 0 Å². The molecule has 0 saturated carbocycles. The highest BCUT2D eigenvalue weighted by Crippen LogP contribution is 2.24. The second-order valence-electron chi connectivity index (χ2n) is 7.24. The van der Waals surface area contributed by atoms with Gasteiger partial charge in [0.25, 0.3) is 11.8 Å². The Hall–Kier alpha value is -2.95. The van der Waals surface area contributed by atoms with Crippen LogP contribution in [-0.2, 0) is 4.79 Å². The lowest BCUT2D eigenvalue weighted by molar-refractivity contribution is -0.116. The molecule has 0 aliphatic carbocycles. The van der Waals surface area contributed by atoms with E-state index in [2.05, 4.69) is 19.2 Å². The summed E-state index contributed by atoms with van der Waals surface area (Å²) >= 11 is 0. The van der Waals surface area contributed by atoms with E-state index in [0.717, 1.165) is 11.3 Å². The minimum Gasteiger partial charge on any atom is -0.326 e. The average Bonchev–Trinajstić information content (AvgIpc) is 2.86. The number of nitrogens with one attached hydrogen (secondary N) is 1. The largest absolute Gasteiger partial charge is 0.326 e. The molecule has 0 spiro atoms. The molecule has 2 aromatic rings. The Bertz CT molecular complexity index is 885. The highest BCUT2D eigenvalue weighted by molar-refractivity contribution is 6.21. The summed E-state index contributed by atoms with van der Waals surface area (Å²) < 4.78 is 0. The Labute approximate surface area is 159 Å². The summed E-state index contributed by atoms with van der Waals surface area (Å²) in [6.07, 6.45) is 0.679. The fourth-order valence-electron chi connectivity index (χ4n) is 3.18. The van der Waals surface area contributed by atoms with Crippen LogP contribution >= 0.6 is 0 Å². The number of rotatable bonds is 6. The van der Waals surface area contributed by atoms with Gasteiger partial charge in [0.15, 0.2) is 0 Å². The van der Waals surface area contributed by atoms with Crippen LogP contribution < -0.4 is 5.32 Å². The number of benzene rings is 2. The molecule has 2 aromatic carbocycles. The van der Waals surface area contributed by atoms with E-state index in [1.54, 1.807) is 12.1 Å². The Morgan fingerprint density at radius 3 is 2.33 bits per heavy atom. The first-order valence-corrected chi connectivity index (χ1v) is 9.23. The zero-order chi connectivity index (χ0) is 19.6. The Balaban J connectivity index is 1.52. The molecular formula is C22H24N2O3. The number of carbonyl (C=O) groups is 3. The molecule has 0 saturated heterocycles. The van der Waals surface area contributed by atoms with Crippen molar-refractivity contribution in [2.75, 3.05) is 11.9 Å². The van der Waals surface area contributed by atoms with Gasteiger partial charge in [0, 0.05) is 18.7 Å². The van der Waals surface area contributed by atoms with Gasteiger partial charge in [-0.15, -0.1) is 0 Å². The van der Waals surface area contributed by atoms with Gasteiger partial charge in [0.1, 0.15) is 0 Å². The number of amides is 3. The highest BCUT2D eigenvalue weighted by Gasteiger charge is 2.34. The van der Waals surface area contributed by atoms with Crippen LogP contribution in [0, 0.1) is 6.92 Å². The van der Waals surface area contributed by atoms with Gasteiger partial charge in [-0.05, 0) is 49.1 Å². The van der Waals surface area contributed by atoms with Crippen molar-refractivity contribution in [2.45, 2.75) is 39.5 Å². The number of imide groups is 1. The molecule has 140 valence electrons. The zero-order valence-corrected chi connectivity index (χ0v) is 15.9. The quantitative estimate of drug-likeness (QED) is 0.784. The van der Waals surface area contributed by atoms with Crippen molar-refractivity contribution < 1.29 is 14.4 Å². The number of carbonyl (C=O) groups excluding carboxylic acids is 3. The molecule has 0 atom stereocenters. The molecule has 3 rings (SSSR count). The summed E-state index contributed by atoms with van der Waals surface area (Å²) in [6, 6.07) is 13.0. The molecule has 3 amide bonds. The van der Waals surface area contributed by atoms with Gasteiger partial charge >= 0.3 is 0 Å². The van der Waals surface area contributed by atoms with E-state index in [4.69, 9.17) is 0 Å². The number of fused-ring (bicyclic) bond motifs is 1. The lowest BCUT2D eigenvalue weighted by atomic mass is 10.0. The summed E-state index contributed by atoms with van der Waals surface area (Å²) in [5.74, 6) is -0.235. The average molecular weight is 364 g/mol. The van der Waals surface area contributed by atoms with Crippen LogP contribution in [0.3, 0.4) is 0 Å². The van der Waals surface area contributed by atoms with Crippen LogP contribution in [0.2, 0.25) is 0 Å².